The number of benzene rings is 2. The first-order valence-corrected chi connectivity index (χ1v) is 8.97. The molecule has 0 atom stereocenters. The summed E-state index contributed by atoms with van der Waals surface area (Å²) < 4.78 is 23.9. The second kappa shape index (κ2) is 9.53. The molecule has 1 amide bonds. The van der Waals surface area contributed by atoms with Gasteiger partial charge >= 0.3 is 0 Å². The maximum atomic E-state index is 12.9. The van der Waals surface area contributed by atoms with E-state index in [1.807, 2.05) is 0 Å². The third-order valence-corrected chi connectivity index (χ3v) is 3.92. The Morgan fingerprint density at radius 1 is 1.15 bits per heavy atom. The standard InChI is InChI=1S/C19H20ClFN2O3S/c1-19(2,26-16-9-3-13(20)4-10-16)17(24)22-11-12-25-18(27)23-15-7-5-14(21)6-8-15/h3-10H,11-12H2,1-2H3,(H,22,24)(H,23,27). The number of nitrogens with one attached hydrogen (secondary N) is 2. The number of carbonyl (C=O) groups excluding carboxylic acids is 1. The van der Waals surface area contributed by atoms with E-state index in [1.54, 1.807) is 50.2 Å². The van der Waals surface area contributed by atoms with Gasteiger partial charge in [0.15, 0.2) is 5.60 Å². The lowest BCUT2D eigenvalue weighted by Crippen LogP contribution is -2.47. The van der Waals surface area contributed by atoms with Crippen LogP contribution >= 0.6 is 23.8 Å². The minimum atomic E-state index is -1.07. The molecule has 0 unspecified atom stereocenters. The van der Waals surface area contributed by atoms with E-state index in [9.17, 15) is 9.18 Å². The molecule has 8 heteroatoms. The fourth-order valence-electron chi connectivity index (χ4n) is 2.05. The van der Waals surface area contributed by atoms with Crippen LogP contribution in [-0.4, -0.2) is 29.8 Å². The average Bonchev–Trinajstić information content (AvgIpc) is 2.62. The molecule has 0 fully saturated rings. The molecule has 5 nitrogen and oxygen atoms in total. The number of rotatable bonds is 7. The summed E-state index contributed by atoms with van der Waals surface area (Å²) in [7, 11) is 0. The van der Waals surface area contributed by atoms with Crippen molar-refractivity contribution in [1.29, 1.82) is 0 Å². The first-order valence-electron chi connectivity index (χ1n) is 8.18. The van der Waals surface area contributed by atoms with Crippen LogP contribution in [0.25, 0.3) is 0 Å². The molecule has 0 aliphatic heterocycles. The highest BCUT2D eigenvalue weighted by atomic mass is 35.5. The Kier molecular flexibility index (Phi) is 7.38. The molecule has 0 saturated heterocycles. The van der Waals surface area contributed by atoms with Gasteiger partial charge in [-0.2, -0.15) is 0 Å². The van der Waals surface area contributed by atoms with Crippen molar-refractivity contribution < 1.29 is 18.7 Å². The van der Waals surface area contributed by atoms with Crippen molar-refractivity contribution in [3.63, 3.8) is 0 Å². The highest BCUT2D eigenvalue weighted by Gasteiger charge is 2.29. The van der Waals surface area contributed by atoms with Crippen LogP contribution in [0.4, 0.5) is 10.1 Å². The quantitative estimate of drug-likeness (QED) is 0.530. The zero-order chi connectivity index (χ0) is 19.9. The van der Waals surface area contributed by atoms with Gasteiger partial charge in [0, 0.05) is 10.7 Å². The number of anilines is 1. The molecular weight excluding hydrogens is 391 g/mol. The Morgan fingerprint density at radius 3 is 2.41 bits per heavy atom. The van der Waals surface area contributed by atoms with E-state index < -0.39 is 5.60 Å². The summed E-state index contributed by atoms with van der Waals surface area (Å²) in [5.41, 5.74) is -0.455. The third kappa shape index (κ3) is 7.03. The molecular formula is C19H20ClFN2O3S. The van der Waals surface area contributed by atoms with Crippen LogP contribution in [0.2, 0.25) is 5.02 Å². The third-order valence-electron chi connectivity index (χ3n) is 3.44. The summed E-state index contributed by atoms with van der Waals surface area (Å²) in [5.74, 6) is -0.0857. The van der Waals surface area contributed by atoms with Crippen LogP contribution in [0.15, 0.2) is 48.5 Å². The molecule has 2 aromatic rings. The zero-order valence-electron chi connectivity index (χ0n) is 14.9. The molecule has 0 radical (unpaired) electrons. The van der Waals surface area contributed by atoms with E-state index in [4.69, 9.17) is 33.3 Å². The smallest absolute Gasteiger partial charge is 0.263 e. The Bertz CT molecular complexity index is 783. The molecule has 144 valence electrons. The van der Waals surface area contributed by atoms with Crippen LogP contribution in [0.3, 0.4) is 0 Å². The predicted octanol–water partition coefficient (Wildman–Crippen LogP) is 4.17. The van der Waals surface area contributed by atoms with Gasteiger partial charge in [-0.05, 0) is 74.6 Å². The maximum Gasteiger partial charge on any atom is 0.263 e. The van der Waals surface area contributed by atoms with Crippen LogP contribution < -0.4 is 15.4 Å². The number of carbonyl (C=O) groups is 1. The number of hydrogen-bond acceptors (Lipinski definition) is 4. The van der Waals surface area contributed by atoms with E-state index in [0.717, 1.165) is 0 Å². The van der Waals surface area contributed by atoms with E-state index in [-0.39, 0.29) is 30.1 Å². The SMILES string of the molecule is CC(C)(Oc1ccc(Cl)cc1)C(=O)NCCOC(=S)Nc1ccc(F)cc1. The van der Waals surface area contributed by atoms with Crippen LogP contribution in [0.5, 0.6) is 5.75 Å². The largest absolute Gasteiger partial charge is 0.478 e. The van der Waals surface area contributed by atoms with Crippen molar-refractivity contribution >= 4 is 40.6 Å². The fourth-order valence-corrected chi connectivity index (χ4v) is 2.38. The lowest BCUT2D eigenvalue weighted by atomic mass is 10.1. The summed E-state index contributed by atoms with van der Waals surface area (Å²) in [6.07, 6.45) is 0. The second-order valence-electron chi connectivity index (χ2n) is 6.09. The summed E-state index contributed by atoms with van der Waals surface area (Å²) in [6.45, 7) is 3.75. The second-order valence-corrected chi connectivity index (χ2v) is 6.90. The monoisotopic (exact) mass is 410 g/mol. The van der Waals surface area contributed by atoms with E-state index >= 15 is 0 Å². The summed E-state index contributed by atoms with van der Waals surface area (Å²) >= 11 is 10.9. The van der Waals surface area contributed by atoms with E-state index in [1.165, 1.54) is 12.1 Å². The Hall–Kier alpha value is -2.38. The van der Waals surface area contributed by atoms with Crippen molar-refractivity contribution in [2.45, 2.75) is 19.4 Å². The minimum absolute atomic E-state index is 0.132. The van der Waals surface area contributed by atoms with Crippen molar-refractivity contribution in [3.8, 4) is 5.75 Å². The number of amides is 1. The molecule has 0 spiro atoms. The van der Waals surface area contributed by atoms with Gasteiger partial charge in [-0.25, -0.2) is 4.39 Å². The van der Waals surface area contributed by atoms with Gasteiger partial charge in [-0.15, -0.1) is 0 Å². The van der Waals surface area contributed by atoms with Crippen molar-refractivity contribution in [2.75, 3.05) is 18.5 Å². The number of halogens is 2. The normalized spacial score (nSPS) is 10.8. The van der Waals surface area contributed by atoms with Gasteiger partial charge in [0.2, 0.25) is 0 Å². The molecule has 2 aromatic carbocycles. The van der Waals surface area contributed by atoms with Gasteiger partial charge in [-0.3, -0.25) is 4.79 Å². The lowest BCUT2D eigenvalue weighted by Gasteiger charge is -2.25. The summed E-state index contributed by atoms with van der Waals surface area (Å²) in [5, 5.41) is 6.27. The first-order chi connectivity index (χ1) is 12.8. The average molecular weight is 411 g/mol. The highest BCUT2D eigenvalue weighted by molar-refractivity contribution is 7.80. The molecule has 0 bridgehead atoms. The lowest BCUT2D eigenvalue weighted by molar-refractivity contribution is -0.134. The molecule has 0 aliphatic carbocycles. The van der Waals surface area contributed by atoms with Gasteiger partial charge < -0.3 is 20.1 Å². The molecule has 0 heterocycles. The van der Waals surface area contributed by atoms with E-state index in [2.05, 4.69) is 10.6 Å². The van der Waals surface area contributed by atoms with Crippen molar-refractivity contribution in [3.05, 3.63) is 59.4 Å². The topological polar surface area (TPSA) is 59.6 Å². The predicted molar refractivity (Wildman–Crippen MR) is 108 cm³/mol. The van der Waals surface area contributed by atoms with Crippen molar-refractivity contribution in [2.24, 2.45) is 0 Å². The highest BCUT2D eigenvalue weighted by Crippen LogP contribution is 2.21. The summed E-state index contributed by atoms with van der Waals surface area (Å²) in [6, 6.07) is 12.5. The molecule has 0 aromatic heterocycles. The summed E-state index contributed by atoms with van der Waals surface area (Å²) in [4.78, 5) is 12.3. The van der Waals surface area contributed by atoms with Gasteiger partial charge in [0.05, 0.1) is 6.54 Å². The molecule has 0 aliphatic rings. The first kappa shape index (κ1) is 20.9. The van der Waals surface area contributed by atoms with Crippen LogP contribution in [-0.2, 0) is 9.53 Å². The van der Waals surface area contributed by atoms with Gasteiger partial charge in [0.25, 0.3) is 11.1 Å². The van der Waals surface area contributed by atoms with Gasteiger partial charge in [-0.1, -0.05) is 11.6 Å². The van der Waals surface area contributed by atoms with Crippen molar-refractivity contribution in [1.82, 2.24) is 5.32 Å². The Morgan fingerprint density at radius 2 is 1.78 bits per heavy atom. The van der Waals surface area contributed by atoms with Gasteiger partial charge in [0.1, 0.15) is 18.2 Å². The minimum Gasteiger partial charge on any atom is -0.478 e. The number of hydrogen-bond donors (Lipinski definition) is 2. The maximum absolute atomic E-state index is 12.9. The molecule has 2 rings (SSSR count). The van der Waals surface area contributed by atoms with E-state index in [0.29, 0.717) is 16.5 Å². The Labute approximate surface area is 167 Å². The number of thiocarbonyl (C=S) groups is 1. The van der Waals surface area contributed by atoms with Crippen LogP contribution in [0.1, 0.15) is 13.8 Å². The molecule has 0 saturated carbocycles. The number of ether oxygens (including phenoxy) is 2. The Balaban J connectivity index is 1.71. The fraction of sp³-hybridized carbons (Fsp3) is 0.263. The molecule has 2 N–H and O–H groups in total. The molecule has 27 heavy (non-hydrogen) atoms. The zero-order valence-corrected chi connectivity index (χ0v) is 16.5. The van der Waals surface area contributed by atoms with Crippen LogP contribution in [0, 0.1) is 5.82 Å².